The molecule has 1 aromatic carbocycles. The molecule has 4 rings (SSSR count). The molecular formula is C18H25FN6O2S. The van der Waals surface area contributed by atoms with Crippen LogP contribution in [0.4, 0.5) is 4.39 Å². The number of likely N-dealkylation sites (N-methyl/N-ethyl adjacent to an activating group) is 1. The second-order valence-electron chi connectivity index (χ2n) is 7.60. The smallest absolute Gasteiger partial charge is 0.216 e. The van der Waals surface area contributed by atoms with Crippen molar-refractivity contribution < 1.29 is 12.8 Å². The second kappa shape index (κ2) is 7.86. The minimum absolute atomic E-state index is 0.0351. The van der Waals surface area contributed by atoms with E-state index in [0.29, 0.717) is 18.8 Å². The molecule has 0 radical (unpaired) electrons. The number of nitrogens with zero attached hydrogens (tertiary/aromatic N) is 6. The molecule has 1 unspecified atom stereocenters. The predicted molar refractivity (Wildman–Crippen MR) is 103 cm³/mol. The Morgan fingerprint density at radius 2 is 1.82 bits per heavy atom. The van der Waals surface area contributed by atoms with Crippen LogP contribution >= 0.6 is 0 Å². The first-order chi connectivity index (χ1) is 13.4. The van der Waals surface area contributed by atoms with Crippen LogP contribution in [0.25, 0.3) is 0 Å². The first-order valence-electron chi connectivity index (χ1n) is 9.43. The van der Waals surface area contributed by atoms with Gasteiger partial charge >= 0.3 is 0 Å². The average Bonchev–Trinajstić information content (AvgIpc) is 3.22. The van der Waals surface area contributed by atoms with Gasteiger partial charge in [-0.05, 0) is 24.7 Å². The zero-order chi connectivity index (χ0) is 19.7. The number of halogens is 1. The third-order valence-electron chi connectivity index (χ3n) is 5.45. The number of sulfonamides is 1. The van der Waals surface area contributed by atoms with Gasteiger partial charge in [0.15, 0.2) is 0 Å². The second-order valence-corrected chi connectivity index (χ2v) is 9.61. The molecular weight excluding hydrogens is 383 g/mol. The summed E-state index contributed by atoms with van der Waals surface area (Å²) in [6, 6.07) is 6.24. The average molecular weight is 409 g/mol. The number of aromatic nitrogens is 3. The molecule has 1 atom stereocenters. The fraction of sp³-hybridized carbons (Fsp3) is 0.556. The molecule has 2 saturated heterocycles. The number of hydrogen-bond acceptors (Lipinski definition) is 6. The van der Waals surface area contributed by atoms with E-state index in [-0.39, 0.29) is 24.2 Å². The standard InChI is InChI=1S/C18H25FN6O2S/c1-22-6-8-23(9-7-22)18-13-25(28(26,27)14-18)12-17-11-24(21-20-17)10-15-2-4-16(19)5-3-15/h2-5,11,18H,6-10,12-14H2,1H3. The lowest BCUT2D eigenvalue weighted by Gasteiger charge is -2.35. The fourth-order valence-electron chi connectivity index (χ4n) is 3.77. The van der Waals surface area contributed by atoms with Crippen molar-refractivity contribution in [3.8, 4) is 0 Å². The highest BCUT2D eigenvalue weighted by Gasteiger charge is 2.39. The third kappa shape index (κ3) is 4.40. The molecule has 3 heterocycles. The molecule has 0 bridgehead atoms. The van der Waals surface area contributed by atoms with Crippen LogP contribution < -0.4 is 0 Å². The zero-order valence-corrected chi connectivity index (χ0v) is 16.7. The van der Waals surface area contributed by atoms with Crippen molar-refractivity contribution >= 4 is 10.0 Å². The lowest BCUT2D eigenvalue weighted by molar-refractivity contribution is 0.116. The summed E-state index contributed by atoms with van der Waals surface area (Å²) in [5.41, 5.74) is 1.52. The normalized spacial score (nSPS) is 24.0. The summed E-state index contributed by atoms with van der Waals surface area (Å²) in [5, 5.41) is 8.20. The molecule has 0 saturated carbocycles. The van der Waals surface area contributed by atoms with Gasteiger partial charge in [-0.1, -0.05) is 17.3 Å². The topological polar surface area (TPSA) is 74.6 Å². The molecule has 2 aliphatic heterocycles. The predicted octanol–water partition coefficient (Wildman–Crippen LogP) is 0.227. The minimum Gasteiger partial charge on any atom is -0.304 e. The summed E-state index contributed by atoms with van der Waals surface area (Å²) in [7, 11) is -1.20. The van der Waals surface area contributed by atoms with Gasteiger partial charge in [0.25, 0.3) is 0 Å². The summed E-state index contributed by atoms with van der Waals surface area (Å²) in [5.74, 6) is -0.113. The quantitative estimate of drug-likeness (QED) is 0.705. The number of rotatable bonds is 5. The summed E-state index contributed by atoms with van der Waals surface area (Å²) in [6.07, 6.45) is 1.75. The molecule has 2 fully saturated rings. The van der Waals surface area contributed by atoms with Crippen LogP contribution in [0.1, 0.15) is 11.3 Å². The van der Waals surface area contributed by atoms with Crippen molar-refractivity contribution in [1.29, 1.82) is 0 Å². The van der Waals surface area contributed by atoms with Gasteiger partial charge in [-0.25, -0.2) is 17.5 Å². The van der Waals surface area contributed by atoms with Gasteiger partial charge in [0.2, 0.25) is 10.0 Å². The first kappa shape index (κ1) is 19.4. The maximum absolute atomic E-state index is 13.0. The van der Waals surface area contributed by atoms with Crippen LogP contribution in [-0.2, 0) is 23.1 Å². The number of hydrogen-bond donors (Lipinski definition) is 0. The van der Waals surface area contributed by atoms with Crippen LogP contribution in [0.15, 0.2) is 30.5 Å². The van der Waals surface area contributed by atoms with Gasteiger partial charge in [-0.2, -0.15) is 4.31 Å². The highest BCUT2D eigenvalue weighted by Crippen LogP contribution is 2.22. The van der Waals surface area contributed by atoms with E-state index in [2.05, 4.69) is 27.2 Å². The van der Waals surface area contributed by atoms with Crippen LogP contribution in [0.3, 0.4) is 0 Å². The maximum Gasteiger partial charge on any atom is 0.216 e. The van der Waals surface area contributed by atoms with E-state index < -0.39 is 10.0 Å². The van der Waals surface area contributed by atoms with E-state index in [1.807, 2.05) is 0 Å². The van der Waals surface area contributed by atoms with E-state index >= 15 is 0 Å². The van der Waals surface area contributed by atoms with Gasteiger partial charge in [0.05, 0.1) is 30.7 Å². The van der Waals surface area contributed by atoms with Gasteiger partial charge in [-0.15, -0.1) is 5.10 Å². The summed E-state index contributed by atoms with van der Waals surface area (Å²) in [4.78, 5) is 4.54. The Bertz CT molecular complexity index is 908. The Kier molecular flexibility index (Phi) is 5.46. The Morgan fingerprint density at radius 3 is 2.54 bits per heavy atom. The first-order valence-corrected chi connectivity index (χ1v) is 11.0. The molecule has 152 valence electrons. The van der Waals surface area contributed by atoms with Gasteiger partial charge in [0, 0.05) is 38.8 Å². The number of benzene rings is 1. The number of piperazine rings is 1. The largest absolute Gasteiger partial charge is 0.304 e. The van der Waals surface area contributed by atoms with Crippen molar-refractivity contribution in [2.75, 3.05) is 45.5 Å². The Labute approximate surface area is 164 Å². The molecule has 0 N–H and O–H groups in total. The van der Waals surface area contributed by atoms with Crippen LogP contribution in [0.5, 0.6) is 0 Å². The molecule has 0 aliphatic carbocycles. The Balaban J connectivity index is 1.38. The van der Waals surface area contributed by atoms with E-state index in [9.17, 15) is 12.8 Å². The highest BCUT2D eigenvalue weighted by molar-refractivity contribution is 7.89. The summed E-state index contributed by atoms with van der Waals surface area (Å²) < 4.78 is 41.4. The monoisotopic (exact) mass is 408 g/mol. The highest BCUT2D eigenvalue weighted by atomic mass is 32.2. The molecule has 28 heavy (non-hydrogen) atoms. The Hall–Kier alpha value is -1.88. The van der Waals surface area contributed by atoms with Crippen molar-refractivity contribution in [3.63, 3.8) is 0 Å². The third-order valence-corrected chi connectivity index (χ3v) is 7.32. The molecule has 1 aromatic heterocycles. The van der Waals surface area contributed by atoms with E-state index in [1.54, 1.807) is 23.0 Å². The van der Waals surface area contributed by atoms with Crippen LogP contribution in [-0.4, -0.2) is 89.1 Å². The summed E-state index contributed by atoms with van der Waals surface area (Å²) in [6.45, 7) is 4.93. The minimum atomic E-state index is -3.29. The lowest BCUT2D eigenvalue weighted by atomic mass is 10.2. The molecule has 10 heteroatoms. The van der Waals surface area contributed by atoms with Crippen LogP contribution in [0, 0.1) is 5.82 Å². The molecule has 0 spiro atoms. The van der Waals surface area contributed by atoms with Gasteiger partial charge in [0.1, 0.15) is 5.82 Å². The lowest BCUT2D eigenvalue weighted by Crippen LogP contribution is -2.50. The molecule has 2 aromatic rings. The maximum atomic E-state index is 13.0. The van der Waals surface area contributed by atoms with Crippen molar-refractivity contribution in [2.45, 2.75) is 19.1 Å². The van der Waals surface area contributed by atoms with E-state index in [1.165, 1.54) is 16.4 Å². The molecule has 0 amide bonds. The van der Waals surface area contributed by atoms with Crippen molar-refractivity contribution in [3.05, 3.63) is 47.5 Å². The zero-order valence-electron chi connectivity index (χ0n) is 15.9. The van der Waals surface area contributed by atoms with Crippen molar-refractivity contribution in [2.24, 2.45) is 0 Å². The van der Waals surface area contributed by atoms with Gasteiger partial charge < -0.3 is 4.90 Å². The Morgan fingerprint density at radius 1 is 1.11 bits per heavy atom. The van der Waals surface area contributed by atoms with E-state index in [4.69, 9.17) is 0 Å². The molecule has 2 aliphatic rings. The van der Waals surface area contributed by atoms with E-state index in [0.717, 1.165) is 31.7 Å². The molecule has 8 nitrogen and oxygen atoms in total. The van der Waals surface area contributed by atoms with Crippen LogP contribution in [0.2, 0.25) is 0 Å². The fourth-order valence-corrected chi connectivity index (χ4v) is 5.51. The van der Waals surface area contributed by atoms with Crippen molar-refractivity contribution in [1.82, 2.24) is 29.1 Å². The SMILES string of the molecule is CN1CCN(C2CN(Cc3cn(Cc4ccc(F)cc4)nn3)S(=O)(=O)C2)CC1. The summed E-state index contributed by atoms with van der Waals surface area (Å²) >= 11 is 0. The van der Waals surface area contributed by atoms with Gasteiger partial charge in [-0.3, -0.25) is 4.90 Å².